The third-order valence-corrected chi connectivity index (χ3v) is 6.65. The fourth-order valence-electron chi connectivity index (χ4n) is 4.96. The van der Waals surface area contributed by atoms with Gasteiger partial charge in [-0.2, -0.15) is 4.98 Å². The van der Waals surface area contributed by atoms with E-state index in [1.807, 2.05) is 11.0 Å². The Bertz CT molecular complexity index is 912. The lowest BCUT2D eigenvalue weighted by molar-refractivity contribution is 0.159. The van der Waals surface area contributed by atoms with Gasteiger partial charge in [0.15, 0.2) is 0 Å². The first-order valence-corrected chi connectivity index (χ1v) is 10.3. The van der Waals surface area contributed by atoms with Gasteiger partial charge in [0.05, 0.1) is 6.04 Å². The van der Waals surface area contributed by atoms with Crippen LogP contribution in [-0.4, -0.2) is 59.7 Å². The number of rotatable bonds is 3. The number of anilines is 1. The van der Waals surface area contributed by atoms with Crippen LogP contribution in [0.1, 0.15) is 42.7 Å². The predicted molar refractivity (Wildman–Crippen MR) is 105 cm³/mol. The van der Waals surface area contributed by atoms with Crippen molar-refractivity contribution in [2.45, 2.75) is 31.2 Å². The molecule has 1 aromatic heterocycles. The van der Waals surface area contributed by atoms with E-state index in [0.717, 1.165) is 37.4 Å². The van der Waals surface area contributed by atoms with E-state index in [1.165, 1.54) is 12.5 Å². The van der Waals surface area contributed by atoms with Crippen LogP contribution < -0.4 is 4.90 Å². The lowest BCUT2D eigenvalue weighted by Gasteiger charge is -2.31. The summed E-state index contributed by atoms with van der Waals surface area (Å²) in [6, 6.07) is 6.43. The molecule has 1 aromatic carbocycles. The third-order valence-electron chi connectivity index (χ3n) is 6.65. The molecule has 5 rings (SSSR count). The number of urea groups is 1. The first-order chi connectivity index (χ1) is 14.0. The monoisotopic (exact) mass is 399 g/mol. The van der Waals surface area contributed by atoms with Crippen LogP contribution in [-0.2, 0) is 0 Å². The van der Waals surface area contributed by atoms with Crippen molar-refractivity contribution in [1.29, 1.82) is 0 Å². The Morgan fingerprint density at radius 3 is 2.76 bits per heavy atom. The summed E-state index contributed by atoms with van der Waals surface area (Å²) in [5, 5.41) is 4.21. The number of nitrogens with zero attached hydrogens (tertiary/aromatic N) is 5. The number of hydrogen-bond donors (Lipinski definition) is 0. The first-order valence-electron chi connectivity index (χ1n) is 10.3. The molecule has 2 saturated heterocycles. The second-order valence-electron chi connectivity index (χ2n) is 8.72. The maximum Gasteiger partial charge on any atom is 0.320 e. The highest BCUT2D eigenvalue weighted by Crippen LogP contribution is 2.46. The van der Waals surface area contributed by atoms with E-state index in [-0.39, 0.29) is 29.7 Å². The molecule has 0 N–H and O–H groups in total. The van der Waals surface area contributed by atoms with Gasteiger partial charge in [-0.05, 0) is 35.7 Å². The average molecular weight is 399 g/mol. The first kappa shape index (κ1) is 18.4. The number of benzene rings is 1. The Morgan fingerprint density at radius 2 is 2.07 bits per heavy atom. The SMILES string of the molecule is CN(C)C(=O)N1C[C@H]2CN(c3noc(C4CCC4)n3)C[C@H]2[C@@H]1c1cccc(F)c1. The third kappa shape index (κ3) is 3.14. The van der Waals surface area contributed by atoms with Crippen molar-refractivity contribution in [3.05, 3.63) is 41.5 Å². The summed E-state index contributed by atoms with van der Waals surface area (Å²) in [4.78, 5) is 23.1. The largest absolute Gasteiger partial charge is 0.337 e. The number of carbonyl (C=O) groups is 1. The van der Waals surface area contributed by atoms with Crippen LogP contribution in [0.5, 0.6) is 0 Å². The molecular formula is C21H26FN5O2. The molecule has 3 atom stereocenters. The summed E-state index contributed by atoms with van der Waals surface area (Å²) < 4.78 is 19.5. The molecule has 1 aliphatic carbocycles. The Morgan fingerprint density at radius 1 is 1.24 bits per heavy atom. The van der Waals surface area contributed by atoms with E-state index < -0.39 is 0 Å². The van der Waals surface area contributed by atoms with Crippen LogP contribution in [0.25, 0.3) is 0 Å². The lowest BCUT2D eigenvalue weighted by atomic mass is 9.85. The highest BCUT2D eigenvalue weighted by molar-refractivity contribution is 5.75. The lowest BCUT2D eigenvalue weighted by Crippen LogP contribution is -2.41. The molecule has 3 heterocycles. The van der Waals surface area contributed by atoms with Gasteiger partial charge in [0.1, 0.15) is 5.82 Å². The van der Waals surface area contributed by atoms with Crippen molar-refractivity contribution >= 4 is 12.0 Å². The molecule has 3 fully saturated rings. The summed E-state index contributed by atoms with van der Waals surface area (Å²) in [6.07, 6.45) is 3.47. The van der Waals surface area contributed by atoms with Crippen LogP contribution in [0, 0.1) is 17.7 Å². The van der Waals surface area contributed by atoms with Gasteiger partial charge in [0, 0.05) is 51.5 Å². The summed E-state index contributed by atoms with van der Waals surface area (Å²) in [5.41, 5.74) is 0.845. The number of halogens is 1. The zero-order chi connectivity index (χ0) is 20.1. The molecule has 2 aliphatic heterocycles. The van der Waals surface area contributed by atoms with Gasteiger partial charge < -0.3 is 19.2 Å². The molecule has 8 heteroatoms. The van der Waals surface area contributed by atoms with Gasteiger partial charge in [-0.15, -0.1) is 0 Å². The molecule has 0 bridgehead atoms. The normalized spacial score (nSPS) is 26.5. The molecule has 2 amide bonds. The van der Waals surface area contributed by atoms with Gasteiger partial charge in [0.2, 0.25) is 5.89 Å². The van der Waals surface area contributed by atoms with E-state index in [1.54, 1.807) is 31.1 Å². The van der Waals surface area contributed by atoms with E-state index in [9.17, 15) is 9.18 Å². The summed E-state index contributed by atoms with van der Waals surface area (Å²) in [6.45, 7) is 2.15. The minimum absolute atomic E-state index is 0.0351. The Balaban J connectivity index is 1.40. The van der Waals surface area contributed by atoms with E-state index in [4.69, 9.17) is 4.52 Å². The highest BCUT2D eigenvalue weighted by Gasteiger charge is 2.50. The average Bonchev–Trinajstić information content (AvgIpc) is 3.33. The second kappa shape index (κ2) is 7.00. The van der Waals surface area contributed by atoms with Crippen LogP contribution in [0.15, 0.2) is 28.8 Å². The van der Waals surface area contributed by atoms with Crippen molar-refractivity contribution in [1.82, 2.24) is 19.9 Å². The molecular weight excluding hydrogens is 373 g/mol. The summed E-state index contributed by atoms with van der Waals surface area (Å²) >= 11 is 0. The van der Waals surface area contributed by atoms with Crippen molar-refractivity contribution in [2.24, 2.45) is 11.8 Å². The standard InChI is InChI=1S/C21H26FN5O2/c1-25(2)21(28)27-11-15-10-26(20-23-19(29-24-20)13-5-3-6-13)12-17(15)18(27)14-7-4-8-16(22)9-14/h4,7-9,13,15,17-18H,3,5-6,10-12H2,1-2H3/t15-,17-,18+/m1/s1. The van der Waals surface area contributed by atoms with Crippen molar-refractivity contribution < 1.29 is 13.7 Å². The summed E-state index contributed by atoms with van der Waals surface area (Å²) in [7, 11) is 3.51. The van der Waals surface area contributed by atoms with Crippen LogP contribution in [0.3, 0.4) is 0 Å². The molecule has 0 radical (unpaired) electrons. The Kier molecular flexibility index (Phi) is 4.44. The number of likely N-dealkylation sites (tertiary alicyclic amines) is 1. The van der Waals surface area contributed by atoms with Gasteiger partial charge in [-0.25, -0.2) is 9.18 Å². The maximum atomic E-state index is 14.0. The quantitative estimate of drug-likeness (QED) is 0.793. The fourth-order valence-corrected chi connectivity index (χ4v) is 4.96. The second-order valence-corrected chi connectivity index (χ2v) is 8.72. The number of hydrogen-bond acceptors (Lipinski definition) is 5. The van der Waals surface area contributed by atoms with Crippen LogP contribution in [0.4, 0.5) is 15.1 Å². The molecule has 3 aliphatic rings. The van der Waals surface area contributed by atoms with E-state index in [2.05, 4.69) is 15.0 Å². The predicted octanol–water partition coefficient (Wildman–Crippen LogP) is 3.27. The van der Waals surface area contributed by atoms with Crippen LogP contribution in [0.2, 0.25) is 0 Å². The van der Waals surface area contributed by atoms with Gasteiger partial charge in [-0.1, -0.05) is 18.6 Å². The smallest absolute Gasteiger partial charge is 0.320 e. The van der Waals surface area contributed by atoms with Crippen molar-refractivity contribution in [3.63, 3.8) is 0 Å². The molecule has 1 saturated carbocycles. The zero-order valence-electron chi connectivity index (χ0n) is 16.8. The highest BCUT2D eigenvalue weighted by atomic mass is 19.1. The number of aromatic nitrogens is 2. The maximum absolute atomic E-state index is 14.0. The van der Waals surface area contributed by atoms with E-state index >= 15 is 0 Å². The number of amides is 2. The fraction of sp³-hybridized carbons (Fsp3) is 0.571. The van der Waals surface area contributed by atoms with E-state index in [0.29, 0.717) is 18.4 Å². The van der Waals surface area contributed by atoms with Crippen molar-refractivity contribution in [3.8, 4) is 0 Å². The molecule has 154 valence electrons. The number of fused-ring (bicyclic) bond motifs is 1. The minimum Gasteiger partial charge on any atom is -0.337 e. The topological polar surface area (TPSA) is 65.7 Å². The van der Waals surface area contributed by atoms with Gasteiger partial charge >= 0.3 is 6.03 Å². The van der Waals surface area contributed by atoms with Gasteiger partial charge in [-0.3, -0.25) is 0 Å². The molecule has 0 spiro atoms. The van der Waals surface area contributed by atoms with Crippen molar-refractivity contribution in [2.75, 3.05) is 38.6 Å². The minimum atomic E-state index is -0.277. The van der Waals surface area contributed by atoms with Gasteiger partial charge in [0.25, 0.3) is 5.95 Å². The summed E-state index contributed by atoms with van der Waals surface area (Å²) in [5.74, 6) is 2.01. The Hall–Kier alpha value is -2.64. The van der Waals surface area contributed by atoms with Crippen LogP contribution >= 0.6 is 0 Å². The molecule has 2 aromatic rings. The molecule has 29 heavy (non-hydrogen) atoms. The number of carbonyl (C=O) groups excluding carboxylic acids is 1. The Labute approximate surface area is 169 Å². The molecule has 7 nitrogen and oxygen atoms in total. The zero-order valence-corrected chi connectivity index (χ0v) is 16.8. The molecule has 0 unspecified atom stereocenters.